The minimum atomic E-state index is -0.533. The number of methoxy groups -OCH3 is 2. The van der Waals surface area contributed by atoms with Crippen molar-refractivity contribution in [3.63, 3.8) is 0 Å². The lowest BCUT2D eigenvalue weighted by atomic mass is 10.0. The van der Waals surface area contributed by atoms with E-state index in [1.165, 1.54) is 46.3 Å². The average molecular weight is 339 g/mol. The maximum atomic E-state index is 12.3. The molecule has 0 radical (unpaired) electrons. The smallest absolute Gasteiger partial charge is 0.264 e. The molecule has 136 valence electrons. The van der Waals surface area contributed by atoms with E-state index in [-0.39, 0.29) is 29.4 Å². The minimum absolute atomic E-state index is 0.0467. The summed E-state index contributed by atoms with van der Waals surface area (Å²) in [7, 11) is 2.68. The van der Waals surface area contributed by atoms with E-state index in [0.29, 0.717) is 0 Å². The summed E-state index contributed by atoms with van der Waals surface area (Å²) >= 11 is 0. The molecule has 2 N–H and O–H groups in total. The van der Waals surface area contributed by atoms with Crippen LogP contribution in [0.2, 0.25) is 0 Å². The van der Waals surface area contributed by atoms with Crippen LogP contribution in [-0.2, 0) is 0 Å². The van der Waals surface area contributed by atoms with Gasteiger partial charge in [0.05, 0.1) is 14.2 Å². The van der Waals surface area contributed by atoms with Crippen molar-refractivity contribution in [2.24, 2.45) is 0 Å². The fourth-order valence-corrected chi connectivity index (χ4v) is 2.65. The zero-order valence-electron chi connectivity index (χ0n) is 14.9. The Morgan fingerprint density at radius 1 is 0.958 bits per heavy atom. The first-order valence-corrected chi connectivity index (χ1v) is 8.63. The summed E-state index contributed by atoms with van der Waals surface area (Å²) < 4.78 is 9.92. The first-order chi connectivity index (χ1) is 11.6. The molecule has 1 rings (SSSR count). The van der Waals surface area contributed by atoms with E-state index in [0.717, 1.165) is 19.3 Å². The number of carbonyl (C=O) groups is 1. The number of rotatable bonds is 12. The van der Waals surface area contributed by atoms with Crippen molar-refractivity contribution in [1.29, 1.82) is 0 Å². The molecule has 0 saturated carbocycles. The van der Waals surface area contributed by atoms with Crippen molar-refractivity contribution in [3.8, 4) is 23.3 Å². The Morgan fingerprint density at radius 2 is 1.54 bits per heavy atom. The molecule has 0 unspecified atom stereocenters. The molecule has 0 spiro atoms. The monoisotopic (exact) mass is 339 g/mol. The van der Waals surface area contributed by atoms with E-state index in [9.17, 15) is 15.0 Å². The molecular weight excluding hydrogens is 310 g/mol. The van der Waals surface area contributed by atoms with Gasteiger partial charge in [-0.15, -0.1) is 0 Å². The van der Waals surface area contributed by atoms with Gasteiger partial charge in [0, 0.05) is 6.42 Å². The van der Waals surface area contributed by atoms with Gasteiger partial charge in [0.1, 0.15) is 5.56 Å². The number of ether oxygens (including phenoxy) is 2. The van der Waals surface area contributed by atoms with Crippen LogP contribution in [0.15, 0.2) is 0 Å². The van der Waals surface area contributed by atoms with Crippen LogP contribution in [0.3, 0.4) is 0 Å². The number of ketones is 1. The number of nitrogens with zero attached hydrogens (tertiary/aromatic N) is 1. The Kier molecular flexibility index (Phi) is 8.97. The molecule has 6 nitrogen and oxygen atoms in total. The second-order valence-electron chi connectivity index (χ2n) is 5.85. The second kappa shape index (κ2) is 10.7. The van der Waals surface area contributed by atoms with Gasteiger partial charge in [0.25, 0.3) is 5.88 Å². The van der Waals surface area contributed by atoms with E-state index in [2.05, 4.69) is 11.9 Å². The lowest BCUT2D eigenvalue weighted by molar-refractivity contribution is 0.0972. The Bertz CT molecular complexity index is 531. The summed E-state index contributed by atoms with van der Waals surface area (Å²) in [6, 6.07) is 0. The zero-order chi connectivity index (χ0) is 17.9. The van der Waals surface area contributed by atoms with Gasteiger partial charge >= 0.3 is 0 Å². The summed E-state index contributed by atoms with van der Waals surface area (Å²) in [6.45, 7) is 2.19. The molecule has 0 saturated heterocycles. The average Bonchev–Trinajstić information content (AvgIpc) is 2.56. The normalized spacial score (nSPS) is 10.6. The first-order valence-electron chi connectivity index (χ1n) is 8.63. The third-order valence-corrected chi connectivity index (χ3v) is 4.01. The Morgan fingerprint density at radius 3 is 2.08 bits per heavy atom. The molecule has 0 aliphatic heterocycles. The van der Waals surface area contributed by atoms with Gasteiger partial charge in [-0.3, -0.25) is 4.79 Å². The molecular formula is C18H29NO5. The highest BCUT2D eigenvalue weighted by molar-refractivity contribution is 6.01. The largest absolute Gasteiger partial charge is 0.503 e. The SMILES string of the molecule is CCCCCCCCCCC(=O)c1c(O)nc(OC)c(OC)c1O. The van der Waals surface area contributed by atoms with Crippen LogP contribution in [0.5, 0.6) is 23.3 Å². The maximum absolute atomic E-state index is 12.3. The van der Waals surface area contributed by atoms with Crippen LogP contribution in [0.4, 0.5) is 0 Å². The highest BCUT2D eigenvalue weighted by Crippen LogP contribution is 2.41. The lowest BCUT2D eigenvalue weighted by Crippen LogP contribution is -2.04. The van der Waals surface area contributed by atoms with Crippen molar-refractivity contribution in [3.05, 3.63) is 5.56 Å². The predicted octanol–water partition coefficient (Wildman–Crippen LogP) is 4.22. The number of hydrogen-bond donors (Lipinski definition) is 2. The Balaban J connectivity index is 2.53. The summed E-state index contributed by atoms with van der Waals surface area (Å²) in [4.78, 5) is 16.0. The molecule has 0 atom stereocenters. The quantitative estimate of drug-likeness (QED) is 0.438. The van der Waals surface area contributed by atoms with E-state index < -0.39 is 11.6 Å². The van der Waals surface area contributed by atoms with Gasteiger partial charge < -0.3 is 19.7 Å². The van der Waals surface area contributed by atoms with Gasteiger partial charge in [-0.2, -0.15) is 4.98 Å². The van der Waals surface area contributed by atoms with Crippen molar-refractivity contribution in [2.45, 2.75) is 64.7 Å². The van der Waals surface area contributed by atoms with Crippen LogP contribution in [0.1, 0.15) is 75.1 Å². The predicted molar refractivity (Wildman–Crippen MR) is 92.2 cm³/mol. The summed E-state index contributed by atoms with van der Waals surface area (Å²) in [5, 5.41) is 20.0. The van der Waals surface area contributed by atoms with E-state index in [1.807, 2.05) is 0 Å². The number of hydrogen-bond acceptors (Lipinski definition) is 6. The van der Waals surface area contributed by atoms with Crippen molar-refractivity contribution < 1.29 is 24.5 Å². The van der Waals surface area contributed by atoms with Crippen LogP contribution in [-0.4, -0.2) is 35.2 Å². The number of aromatic nitrogens is 1. The molecule has 24 heavy (non-hydrogen) atoms. The molecule has 0 aromatic carbocycles. The van der Waals surface area contributed by atoms with E-state index in [1.54, 1.807) is 0 Å². The van der Waals surface area contributed by atoms with Crippen LogP contribution in [0, 0.1) is 0 Å². The molecule has 0 aliphatic rings. The van der Waals surface area contributed by atoms with Crippen molar-refractivity contribution in [1.82, 2.24) is 4.98 Å². The molecule has 1 heterocycles. The molecule has 0 amide bonds. The molecule has 6 heteroatoms. The van der Waals surface area contributed by atoms with Crippen LogP contribution >= 0.6 is 0 Å². The summed E-state index contributed by atoms with van der Waals surface area (Å²) in [5.41, 5.74) is -0.199. The lowest BCUT2D eigenvalue weighted by Gasteiger charge is -2.12. The molecule has 0 fully saturated rings. The molecule has 0 bridgehead atoms. The molecule has 1 aromatic heterocycles. The van der Waals surface area contributed by atoms with Gasteiger partial charge in [0.15, 0.2) is 11.5 Å². The van der Waals surface area contributed by atoms with Crippen molar-refractivity contribution >= 4 is 5.78 Å². The molecule has 0 aliphatic carbocycles. The van der Waals surface area contributed by atoms with Gasteiger partial charge in [-0.1, -0.05) is 51.9 Å². The number of Topliss-reactive ketones (excluding diaryl/α,β-unsaturated/α-hetero) is 1. The fourth-order valence-electron chi connectivity index (χ4n) is 2.65. The van der Waals surface area contributed by atoms with E-state index >= 15 is 0 Å². The maximum Gasteiger partial charge on any atom is 0.264 e. The van der Waals surface area contributed by atoms with Gasteiger partial charge in [-0.25, -0.2) is 0 Å². The van der Waals surface area contributed by atoms with Gasteiger partial charge in [0.2, 0.25) is 11.6 Å². The number of aromatic hydroxyl groups is 2. The zero-order valence-corrected chi connectivity index (χ0v) is 14.9. The number of pyridine rings is 1. The highest BCUT2D eigenvalue weighted by atomic mass is 16.5. The fraction of sp³-hybridized carbons (Fsp3) is 0.667. The van der Waals surface area contributed by atoms with Crippen molar-refractivity contribution in [2.75, 3.05) is 14.2 Å². The Hall–Kier alpha value is -1.98. The summed E-state index contributed by atoms with van der Waals surface area (Å²) in [6.07, 6.45) is 9.25. The van der Waals surface area contributed by atoms with E-state index in [4.69, 9.17) is 9.47 Å². The summed E-state index contributed by atoms with van der Waals surface area (Å²) in [5.74, 6) is -1.41. The minimum Gasteiger partial charge on any atom is -0.503 e. The number of unbranched alkanes of at least 4 members (excludes halogenated alkanes) is 7. The van der Waals surface area contributed by atoms with Crippen LogP contribution < -0.4 is 9.47 Å². The third kappa shape index (κ3) is 5.58. The first kappa shape index (κ1) is 20.1. The van der Waals surface area contributed by atoms with Gasteiger partial charge in [-0.05, 0) is 6.42 Å². The second-order valence-corrected chi connectivity index (χ2v) is 5.85. The number of carbonyl (C=O) groups excluding carboxylic acids is 1. The third-order valence-electron chi connectivity index (χ3n) is 4.01. The topological polar surface area (TPSA) is 88.9 Å². The Labute approximate surface area is 143 Å². The van der Waals surface area contributed by atoms with Crippen LogP contribution in [0.25, 0.3) is 0 Å². The highest BCUT2D eigenvalue weighted by Gasteiger charge is 2.25. The standard InChI is InChI=1S/C18H29NO5/c1-4-5-6-7-8-9-10-11-12-13(20)14-15(21)16(23-2)18(24-3)19-17(14)22/h4-12H2,1-3H3,(H2,19,21,22). The molecule has 1 aromatic rings.